The van der Waals surface area contributed by atoms with Gasteiger partial charge in [0.15, 0.2) is 6.29 Å². The molecule has 16 heavy (non-hydrogen) atoms. The minimum Gasteiger partial charge on any atom is -0.496 e. The summed E-state index contributed by atoms with van der Waals surface area (Å²) in [5.41, 5.74) is 0.588. The topological polar surface area (TPSA) is 38.8 Å². The van der Waals surface area contributed by atoms with Gasteiger partial charge in [-0.05, 0) is 31.4 Å². The highest BCUT2D eigenvalue weighted by atomic mass is 16.6. The van der Waals surface area contributed by atoms with Gasteiger partial charge < -0.3 is 9.47 Å². The molecule has 3 rings (SSSR count). The summed E-state index contributed by atoms with van der Waals surface area (Å²) in [7, 11) is 1.54. The summed E-state index contributed by atoms with van der Waals surface area (Å²) >= 11 is 0. The van der Waals surface area contributed by atoms with E-state index in [-0.39, 0.29) is 0 Å². The van der Waals surface area contributed by atoms with Crippen molar-refractivity contribution in [2.75, 3.05) is 7.11 Å². The summed E-state index contributed by atoms with van der Waals surface area (Å²) in [4.78, 5) is 10.3. The third-order valence-corrected chi connectivity index (χ3v) is 2.93. The van der Waals surface area contributed by atoms with Gasteiger partial charge in [0.25, 0.3) is 0 Å². The molecule has 1 saturated heterocycles. The Morgan fingerprint density at radius 3 is 2.38 bits per heavy atom. The number of benzene rings is 1. The van der Waals surface area contributed by atoms with E-state index in [0.29, 0.717) is 23.5 Å². The molecular weight excluding hydrogens is 204 g/mol. The van der Waals surface area contributed by atoms with E-state index < -0.39 is 0 Å². The SMILES string of the molecule is C1CC2OC2C1.COc1ccccc1C=O. The summed E-state index contributed by atoms with van der Waals surface area (Å²) in [6, 6.07) is 7.09. The van der Waals surface area contributed by atoms with Gasteiger partial charge in [-0.3, -0.25) is 4.79 Å². The zero-order chi connectivity index (χ0) is 11.4. The minimum absolute atomic E-state index is 0.588. The third kappa shape index (κ3) is 2.61. The molecule has 2 aliphatic rings. The van der Waals surface area contributed by atoms with E-state index in [1.54, 1.807) is 25.3 Å². The molecule has 86 valence electrons. The minimum atomic E-state index is 0.588. The van der Waals surface area contributed by atoms with E-state index in [0.717, 1.165) is 6.29 Å². The van der Waals surface area contributed by atoms with E-state index in [9.17, 15) is 4.79 Å². The lowest BCUT2D eigenvalue weighted by atomic mass is 10.2. The van der Waals surface area contributed by atoms with E-state index in [2.05, 4.69) is 0 Å². The molecule has 1 aromatic carbocycles. The third-order valence-electron chi connectivity index (χ3n) is 2.93. The highest BCUT2D eigenvalue weighted by molar-refractivity contribution is 5.79. The van der Waals surface area contributed by atoms with Crippen molar-refractivity contribution in [2.24, 2.45) is 0 Å². The molecule has 1 saturated carbocycles. The fourth-order valence-electron chi connectivity index (χ4n) is 1.97. The molecule has 2 unspecified atom stereocenters. The van der Waals surface area contributed by atoms with Crippen LogP contribution in [0.15, 0.2) is 24.3 Å². The molecule has 0 radical (unpaired) electrons. The lowest BCUT2D eigenvalue weighted by Gasteiger charge is -1.99. The quantitative estimate of drug-likeness (QED) is 0.567. The number of carbonyl (C=O) groups excluding carboxylic acids is 1. The standard InChI is InChI=1S/C8H8O2.C5H8O/c1-10-8-5-3-2-4-7(8)6-9;1-2-4-5(3-1)6-4/h2-6H,1H3;4-5H,1-3H2. The van der Waals surface area contributed by atoms with Gasteiger partial charge in [0.1, 0.15) is 5.75 Å². The highest BCUT2D eigenvalue weighted by Gasteiger charge is 2.42. The molecule has 2 fully saturated rings. The number of ether oxygens (including phenoxy) is 2. The second kappa shape index (κ2) is 5.12. The predicted molar refractivity (Wildman–Crippen MR) is 60.9 cm³/mol. The lowest BCUT2D eigenvalue weighted by Crippen LogP contribution is -1.88. The molecule has 0 aromatic heterocycles. The number of carbonyl (C=O) groups is 1. The van der Waals surface area contributed by atoms with E-state index >= 15 is 0 Å². The summed E-state index contributed by atoms with van der Waals surface area (Å²) in [6.07, 6.45) is 6.29. The summed E-state index contributed by atoms with van der Waals surface area (Å²) in [5.74, 6) is 0.623. The average molecular weight is 220 g/mol. The van der Waals surface area contributed by atoms with Gasteiger partial charge in [-0.15, -0.1) is 0 Å². The maximum atomic E-state index is 10.3. The van der Waals surface area contributed by atoms with Crippen molar-refractivity contribution < 1.29 is 14.3 Å². The van der Waals surface area contributed by atoms with Crippen LogP contribution in [0.25, 0.3) is 0 Å². The van der Waals surface area contributed by atoms with E-state index in [1.807, 2.05) is 6.07 Å². The first-order valence-corrected chi connectivity index (χ1v) is 5.59. The van der Waals surface area contributed by atoms with Crippen molar-refractivity contribution in [3.8, 4) is 5.75 Å². The Kier molecular flexibility index (Phi) is 3.57. The molecule has 3 heteroatoms. The Balaban J connectivity index is 0.000000134. The van der Waals surface area contributed by atoms with Gasteiger partial charge in [-0.2, -0.15) is 0 Å². The van der Waals surface area contributed by atoms with Crippen LogP contribution in [0.3, 0.4) is 0 Å². The van der Waals surface area contributed by atoms with E-state index in [4.69, 9.17) is 9.47 Å². The van der Waals surface area contributed by atoms with Crippen LogP contribution in [0.5, 0.6) is 5.75 Å². The fourth-order valence-corrected chi connectivity index (χ4v) is 1.97. The van der Waals surface area contributed by atoms with Gasteiger partial charge in [0, 0.05) is 0 Å². The maximum Gasteiger partial charge on any atom is 0.153 e. The van der Waals surface area contributed by atoms with Gasteiger partial charge in [0.05, 0.1) is 24.9 Å². The van der Waals surface area contributed by atoms with Crippen molar-refractivity contribution in [1.82, 2.24) is 0 Å². The zero-order valence-electron chi connectivity index (χ0n) is 9.39. The zero-order valence-corrected chi connectivity index (χ0v) is 9.39. The molecule has 0 bridgehead atoms. The Morgan fingerprint density at radius 2 is 2.00 bits per heavy atom. The van der Waals surface area contributed by atoms with Crippen LogP contribution in [0.2, 0.25) is 0 Å². The first-order valence-electron chi connectivity index (χ1n) is 5.59. The number of fused-ring (bicyclic) bond motifs is 1. The molecule has 0 N–H and O–H groups in total. The molecule has 1 aliphatic heterocycles. The van der Waals surface area contributed by atoms with Gasteiger partial charge in [-0.1, -0.05) is 12.1 Å². The monoisotopic (exact) mass is 220 g/mol. The van der Waals surface area contributed by atoms with Crippen LogP contribution in [-0.2, 0) is 4.74 Å². The highest BCUT2D eigenvalue weighted by Crippen LogP contribution is 2.37. The van der Waals surface area contributed by atoms with Crippen LogP contribution in [0.1, 0.15) is 29.6 Å². The largest absolute Gasteiger partial charge is 0.496 e. The van der Waals surface area contributed by atoms with Crippen molar-refractivity contribution in [2.45, 2.75) is 31.5 Å². The summed E-state index contributed by atoms with van der Waals surface area (Å²) < 4.78 is 10.1. The molecule has 1 heterocycles. The van der Waals surface area contributed by atoms with E-state index in [1.165, 1.54) is 19.3 Å². The number of aldehydes is 1. The molecule has 3 nitrogen and oxygen atoms in total. The fraction of sp³-hybridized carbons (Fsp3) is 0.462. The number of hydrogen-bond donors (Lipinski definition) is 0. The Labute approximate surface area is 95.4 Å². The second-order valence-electron chi connectivity index (χ2n) is 4.00. The van der Waals surface area contributed by atoms with Gasteiger partial charge >= 0.3 is 0 Å². The Morgan fingerprint density at radius 1 is 1.31 bits per heavy atom. The smallest absolute Gasteiger partial charge is 0.153 e. The van der Waals surface area contributed by atoms with Crippen LogP contribution >= 0.6 is 0 Å². The van der Waals surface area contributed by atoms with Crippen molar-refractivity contribution >= 4 is 6.29 Å². The normalized spacial score (nSPS) is 25.1. The van der Waals surface area contributed by atoms with Crippen molar-refractivity contribution in [3.05, 3.63) is 29.8 Å². The maximum absolute atomic E-state index is 10.3. The number of para-hydroxylation sites is 1. The lowest BCUT2D eigenvalue weighted by molar-refractivity contribution is 0.112. The summed E-state index contributed by atoms with van der Waals surface area (Å²) in [6.45, 7) is 0. The van der Waals surface area contributed by atoms with Crippen LogP contribution in [-0.4, -0.2) is 25.6 Å². The van der Waals surface area contributed by atoms with Crippen LogP contribution in [0.4, 0.5) is 0 Å². The number of hydrogen-bond acceptors (Lipinski definition) is 3. The molecule has 2 atom stereocenters. The van der Waals surface area contributed by atoms with Crippen LogP contribution < -0.4 is 4.74 Å². The molecule has 0 spiro atoms. The van der Waals surface area contributed by atoms with Crippen molar-refractivity contribution in [3.63, 3.8) is 0 Å². The number of epoxide rings is 1. The Bertz CT molecular complexity index is 354. The number of rotatable bonds is 2. The molecular formula is C13H16O3. The Hall–Kier alpha value is -1.35. The average Bonchev–Trinajstić information content (AvgIpc) is 2.96. The van der Waals surface area contributed by atoms with Gasteiger partial charge in [-0.25, -0.2) is 0 Å². The molecule has 0 amide bonds. The first kappa shape index (κ1) is 11.1. The summed E-state index contributed by atoms with van der Waals surface area (Å²) in [5, 5.41) is 0. The van der Waals surface area contributed by atoms with Crippen LogP contribution in [0, 0.1) is 0 Å². The van der Waals surface area contributed by atoms with Crippen molar-refractivity contribution in [1.29, 1.82) is 0 Å². The van der Waals surface area contributed by atoms with Gasteiger partial charge in [0.2, 0.25) is 0 Å². The second-order valence-corrected chi connectivity index (χ2v) is 4.00. The number of methoxy groups -OCH3 is 1. The predicted octanol–water partition coefficient (Wildman–Crippen LogP) is 2.45. The first-order chi connectivity index (χ1) is 7.85. The molecule has 1 aliphatic carbocycles. The molecule has 1 aromatic rings.